The van der Waals surface area contributed by atoms with E-state index in [1.54, 1.807) is 11.6 Å². The lowest BCUT2D eigenvalue weighted by Gasteiger charge is -2.09. The molecule has 0 spiro atoms. The van der Waals surface area contributed by atoms with Crippen molar-refractivity contribution < 1.29 is 4.92 Å². The monoisotopic (exact) mass is 372 g/mol. The van der Waals surface area contributed by atoms with Crippen molar-refractivity contribution in [2.24, 2.45) is 0 Å². The van der Waals surface area contributed by atoms with Crippen molar-refractivity contribution in [2.75, 3.05) is 5.32 Å². The molecule has 0 unspecified atom stereocenters. The van der Waals surface area contributed by atoms with Crippen LogP contribution in [0.2, 0.25) is 0 Å². The molecule has 0 bridgehead atoms. The van der Waals surface area contributed by atoms with Gasteiger partial charge in [-0.1, -0.05) is 34.1 Å². The van der Waals surface area contributed by atoms with E-state index in [0.717, 1.165) is 15.8 Å². The Bertz CT molecular complexity index is 845. The largest absolute Gasteiger partial charge is 0.334 e. The second-order valence-corrected chi connectivity index (χ2v) is 5.83. The number of para-hydroxylation sites is 1. The van der Waals surface area contributed by atoms with E-state index >= 15 is 0 Å². The summed E-state index contributed by atoms with van der Waals surface area (Å²) in [7, 11) is 0. The number of aryl methyl sites for hydroxylation is 1. The molecule has 1 aromatic heterocycles. The molecule has 0 fully saturated rings. The smallest absolute Gasteiger partial charge is 0.334 e. The number of hydrogen-bond donors (Lipinski definition) is 1. The Morgan fingerprint density at radius 1 is 1.13 bits per heavy atom. The molecule has 3 aromatic rings. The zero-order valence-electron chi connectivity index (χ0n) is 12.2. The van der Waals surface area contributed by atoms with Crippen molar-refractivity contribution in [1.82, 2.24) is 9.78 Å². The van der Waals surface area contributed by atoms with Crippen LogP contribution in [-0.4, -0.2) is 14.7 Å². The second-order valence-electron chi connectivity index (χ2n) is 4.92. The lowest BCUT2D eigenvalue weighted by molar-refractivity contribution is -0.384. The Labute approximate surface area is 141 Å². The zero-order valence-corrected chi connectivity index (χ0v) is 13.8. The van der Waals surface area contributed by atoms with Gasteiger partial charge in [0, 0.05) is 10.2 Å². The molecule has 0 atom stereocenters. The number of anilines is 2. The number of rotatable bonds is 4. The third kappa shape index (κ3) is 3.09. The van der Waals surface area contributed by atoms with Crippen molar-refractivity contribution in [1.29, 1.82) is 0 Å². The first kappa shape index (κ1) is 15.2. The number of hydrogen-bond acceptors (Lipinski definition) is 4. The molecular formula is C16H13BrN4O2. The number of nitrogens with zero attached hydrogens (tertiary/aromatic N) is 3. The van der Waals surface area contributed by atoms with E-state index in [4.69, 9.17) is 0 Å². The summed E-state index contributed by atoms with van der Waals surface area (Å²) in [5.74, 6) is 0.334. The van der Waals surface area contributed by atoms with Crippen molar-refractivity contribution in [3.8, 4) is 5.69 Å². The molecule has 0 amide bonds. The third-order valence-corrected chi connectivity index (χ3v) is 3.85. The Hall–Kier alpha value is -2.67. The van der Waals surface area contributed by atoms with Gasteiger partial charge in [0.05, 0.1) is 10.6 Å². The number of nitrogens with one attached hydrogen (secondary N) is 1. The van der Waals surface area contributed by atoms with Gasteiger partial charge in [-0.3, -0.25) is 10.1 Å². The first-order valence-corrected chi connectivity index (χ1v) is 7.67. The molecule has 2 aromatic carbocycles. The molecule has 0 saturated carbocycles. The Morgan fingerprint density at radius 3 is 2.39 bits per heavy atom. The number of benzene rings is 2. The van der Waals surface area contributed by atoms with Crippen molar-refractivity contribution >= 4 is 33.1 Å². The highest BCUT2D eigenvalue weighted by atomic mass is 79.9. The van der Waals surface area contributed by atoms with E-state index in [1.807, 2.05) is 54.6 Å². The fourth-order valence-electron chi connectivity index (χ4n) is 2.28. The lowest BCUT2D eigenvalue weighted by Crippen LogP contribution is -2.03. The summed E-state index contributed by atoms with van der Waals surface area (Å²) >= 11 is 3.37. The molecule has 0 aliphatic carbocycles. The van der Waals surface area contributed by atoms with Crippen LogP contribution < -0.4 is 5.32 Å². The van der Waals surface area contributed by atoms with Crippen LogP contribution in [0.5, 0.6) is 0 Å². The van der Waals surface area contributed by atoms with Gasteiger partial charge in [-0.2, -0.15) is 5.10 Å². The molecule has 116 valence electrons. The average Bonchev–Trinajstić information content (AvgIpc) is 2.87. The highest BCUT2D eigenvalue weighted by Gasteiger charge is 2.26. The van der Waals surface area contributed by atoms with E-state index in [0.29, 0.717) is 11.5 Å². The van der Waals surface area contributed by atoms with Crippen molar-refractivity contribution in [3.63, 3.8) is 0 Å². The SMILES string of the molecule is Cc1nn(-c2ccccc2)c(Nc2ccc(Br)cc2)c1[N+](=O)[O-]. The highest BCUT2D eigenvalue weighted by Crippen LogP contribution is 2.33. The average molecular weight is 373 g/mol. The molecule has 3 rings (SSSR count). The minimum atomic E-state index is -0.414. The molecule has 1 N–H and O–H groups in total. The summed E-state index contributed by atoms with van der Waals surface area (Å²) in [4.78, 5) is 11.0. The van der Waals surface area contributed by atoms with Crippen LogP contribution in [0.1, 0.15) is 5.69 Å². The van der Waals surface area contributed by atoms with E-state index in [1.165, 1.54) is 0 Å². The normalized spacial score (nSPS) is 10.5. The maximum Gasteiger partial charge on any atom is 0.334 e. The van der Waals surface area contributed by atoms with Gasteiger partial charge >= 0.3 is 5.69 Å². The molecule has 0 aliphatic rings. The van der Waals surface area contributed by atoms with Crippen LogP contribution in [0.15, 0.2) is 59.1 Å². The fraction of sp³-hybridized carbons (Fsp3) is 0.0625. The Morgan fingerprint density at radius 2 is 1.78 bits per heavy atom. The standard InChI is InChI=1S/C16H13BrN4O2/c1-11-15(21(22)23)16(18-13-9-7-12(17)8-10-13)20(19-11)14-5-3-2-4-6-14/h2-10,18H,1H3. The van der Waals surface area contributed by atoms with Gasteiger partial charge in [0.2, 0.25) is 5.82 Å². The van der Waals surface area contributed by atoms with Gasteiger partial charge in [0.25, 0.3) is 0 Å². The van der Waals surface area contributed by atoms with Crippen LogP contribution in [0.3, 0.4) is 0 Å². The minimum Gasteiger partial charge on any atom is -0.334 e. The molecule has 0 saturated heterocycles. The summed E-state index contributed by atoms with van der Waals surface area (Å²) in [6.45, 7) is 1.63. The fourth-order valence-corrected chi connectivity index (χ4v) is 2.54. The zero-order chi connectivity index (χ0) is 16.4. The molecule has 0 aliphatic heterocycles. The van der Waals surface area contributed by atoms with Crippen LogP contribution in [-0.2, 0) is 0 Å². The summed E-state index contributed by atoms with van der Waals surface area (Å²) < 4.78 is 2.49. The highest BCUT2D eigenvalue weighted by molar-refractivity contribution is 9.10. The second kappa shape index (κ2) is 6.21. The van der Waals surface area contributed by atoms with Crippen LogP contribution in [0.25, 0.3) is 5.69 Å². The Balaban J connectivity index is 2.12. The first-order chi connectivity index (χ1) is 11.1. The summed E-state index contributed by atoms with van der Waals surface area (Å²) in [5, 5.41) is 18.9. The van der Waals surface area contributed by atoms with Crippen LogP contribution >= 0.6 is 15.9 Å². The van der Waals surface area contributed by atoms with Gasteiger partial charge in [-0.15, -0.1) is 0 Å². The number of aromatic nitrogens is 2. The van der Waals surface area contributed by atoms with Crippen molar-refractivity contribution in [3.05, 3.63) is 74.9 Å². The van der Waals surface area contributed by atoms with Crippen LogP contribution in [0.4, 0.5) is 17.2 Å². The quantitative estimate of drug-likeness (QED) is 0.536. The van der Waals surface area contributed by atoms with E-state index in [9.17, 15) is 10.1 Å². The van der Waals surface area contributed by atoms with E-state index < -0.39 is 4.92 Å². The summed E-state index contributed by atoms with van der Waals surface area (Å²) in [5.41, 5.74) is 1.83. The van der Waals surface area contributed by atoms with Gasteiger partial charge < -0.3 is 5.32 Å². The number of nitro groups is 1. The summed E-state index contributed by atoms with van der Waals surface area (Å²) in [6, 6.07) is 16.7. The van der Waals surface area contributed by atoms with Gasteiger partial charge in [0.15, 0.2) is 0 Å². The van der Waals surface area contributed by atoms with Gasteiger partial charge in [-0.05, 0) is 43.3 Å². The molecule has 6 nitrogen and oxygen atoms in total. The maximum absolute atomic E-state index is 11.4. The van der Waals surface area contributed by atoms with Crippen molar-refractivity contribution in [2.45, 2.75) is 6.92 Å². The third-order valence-electron chi connectivity index (χ3n) is 3.32. The molecule has 23 heavy (non-hydrogen) atoms. The molecule has 1 heterocycles. The molecule has 7 heteroatoms. The van der Waals surface area contributed by atoms with Gasteiger partial charge in [0.1, 0.15) is 5.69 Å². The minimum absolute atomic E-state index is 0.0308. The Kier molecular flexibility index (Phi) is 4.12. The van der Waals surface area contributed by atoms with E-state index in [-0.39, 0.29) is 5.69 Å². The summed E-state index contributed by atoms with van der Waals surface area (Å²) in [6.07, 6.45) is 0. The molecular weight excluding hydrogens is 360 g/mol. The predicted octanol–water partition coefficient (Wildman–Crippen LogP) is 4.60. The number of halogens is 1. The first-order valence-electron chi connectivity index (χ1n) is 6.88. The maximum atomic E-state index is 11.4. The topological polar surface area (TPSA) is 73.0 Å². The predicted molar refractivity (Wildman–Crippen MR) is 92.4 cm³/mol. The van der Waals surface area contributed by atoms with Gasteiger partial charge in [-0.25, -0.2) is 4.68 Å². The van der Waals surface area contributed by atoms with Crippen LogP contribution in [0, 0.1) is 17.0 Å². The lowest BCUT2D eigenvalue weighted by atomic mass is 10.3. The molecule has 0 radical (unpaired) electrons. The van der Waals surface area contributed by atoms with E-state index in [2.05, 4.69) is 26.3 Å².